The molecule has 0 heterocycles. The van der Waals surface area contributed by atoms with Crippen molar-refractivity contribution in [3.05, 3.63) is 29.3 Å². The largest absolute Gasteiger partial charge is 0.481 e. The van der Waals surface area contributed by atoms with Crippen LogP contribution in [0.5, 0.6) is 0 Å². The smallest absolute Gasteiger partial charge is 0.321 e. The van der Waals surface area contributed by atoms with E-state index in [4.69, 9.17) is 16.7 Å². The lowest BCUT2D eigenvalue weighted by atomic mass is 10.2. The number of urea groups is 1. The van der Waals surface area contributed by atoms with Gasteiger partial charge in [-0.3, -0.25) is 9.69 Å². The summed E-state index contributed by atoms with van der Waals surface area (Å²) in [7, 11) is 1.53. The standard InChI is InChI=1S/C12H15ClN2O3/c1-14-12(18)15(8-2-3-11(16)17)10-6-4-9(13)5-7-10/h4-7H,2-3,8H2,1H3,(H,14,18)(H,16,17). The highest BCUT2D eigenvalue weighted by Crippen LogP contribution is 2.18. The third-order valence-corrected chi connectivity index (χ3v) is 2.62. The van der Waals surface area contributed by atoms with Crippen molar-refractivity contribution in [3.8, 4) is 0 Å². The second kappa shape index (κ2) is 6.86. The van der Waals surface area contributed by atoms with E-state index in [-0.39, 0.29) is 12.5 Å². The Bertz CT molecular complexity index is 420. The zero-order valence-electron chi connectivity index (χ0n) is 10.0. The van der Waals surface area contributed by atoms with Crippen molar-refractivity contribution < 1.29 is 14.7 Å². The second-order valence-electron chi connectivity index (χ2n) is 3.68. The van der Waals surface area contributed by atoms with Crippen molar-refractivity contribution in [1.82, 2.24) is 5.32 Å². The van der Waals surface area contributed by atoms with Crippen LogP contribution in [0.4, 0.5) is 10.5 Å². The lowest BCUT2D eigenvalue weighted by molar-refractivity contribution is -0.137. The zero-order chi connectivity index (χ0) is 13.5. The topological polar surface area (TPSA) is 69.6 Å². The predicted molar refractivity (Wildman–Crippen MR) is 70.1 cm³/mol. The number of halogens is 1. The lowest BCUT2D eigenvalue weighted by Gasteiger charge is -2.22. The van der Waals surface area contributed by atoms with Crippen LogP contribution in [0.3, 0.4) is 0 Å². The number of rotatable bonds is 5. The molecule has 0 aliphatic rings. The van der Waals surface area contributed by atoms with E-state index in [1.54, 1.807) is 24.3 Å². The summed E-state index contributed by atoms with van der Waals surface area (Å²) in [5.74, 6) is -0.872. The lowest BCUT2D eigenvalue weighted by Crippen LogP contribution is -2.39. The molecular formula is C12H15ClN2O3. The number of carboxylic acids is 1. The summed E-state index contributed by atoms with van der Waals surface area (Å²) < 4.78 is 0. The summed E-state index contributed by atoms with van der Waals surface area (Å²) in [6, 6.07) is 6.53. The Morgan fingerprint density at radius 1 is 1.33 bits per heavy atom. The summed E-state index contributed by atoms with van der Waals surface area (Å²) in [6.45, 7) is 0.341. The monoisotopic (exact) mass is 270 g/mol. The number of amides is 2. The zero-order valence-corrected chi connectivity index (χ0v) is 10.8. The van der Waals surface area contributed by atoms with Crippen LogP contribution < -0.4 is 10.2 Å². The molecule has 1 rings (SSSR count). The van der Waals surface area contributed by atoms with Gasteiger partial charge in [0, 0.05) is 30.7 Å². The van der Waals surface area contributed by atoms with Crippen LogP contribution in [0.25, 0.3) is 0 Å². The highest BCUT2D eigenvalue weighted by molar-refractivity contribution is 6.30. The van der Waals surface area contributed by atoms with Crippen LogP contribution in [0.1, 0.15) is 12.8 Å². The van der Waals surface area contributed by atoms with Gasteiger partial charge in [-0.05, 0) is 30.7 Å². The molecular weight excluding hydrogens is 256 g/mol. The first-order chi connectivity index (χ1) is 8.54. The number of anilines is 1. The van der Waals surface area contributed by atoms with Gasteiger partial charge in [-0.2, -0.15) is 0 Å². The van der Waals surface area contributed by atoms with Crippen molar-refractivity contribution in [2.24, 2.45) is 0 Å². The minimum atomic E-state index is -0.872. The van der Waals surface area contributed by atoms with Gasteiger partial charge in [-0.1, -0.05) is 11.6 Å². The fraction of sp³-hybridized carbons (Fsp3) is 0.333. The molecule has 0 saturated heterocycles. The molecule has 1 aromatic rings. The fourth-order valence-electron chi connectivity index (χ4n) is 1.49. The van der Waals surface area contributed by atoms with Gasteiger partial charge in [0.2, 0.25) is 0 Å². The Hall–Kier alpha value is -1.75. The van der Waals surface area contributed by atoms with Crippen molar-refractivity contribution in [2.75, 3.05) is 18.5 Å². The molecule has 6 heteroatoms. The van der Waals surface area contributed by atoms with E-state index in [1.165, 1.54) is 11.9 Å². The van der Waals surface area contributed by atoms with Gasteiger partial charge >= 0.3 is 12.0 Å². The predicted octanol–water partition coefficient (Wildman–Crippen LogP) is 2.35. The summed E-state index contributed by atoms with van der Waals surface area (Å²) in [5, 5.41) is 11.7. The first kappa shape index (κ1) is 14.3. The Balaban J connectivity index is 2.75. The molecule has 0 aliphatic heterocycles. The third kappa shape index (κ3) is 4.25. The van der Waals surface area contributed by atoms with E-state index in [2.05, 4.69) is 5.32 Å². The Morgan fingerprint density at radius 3 is 2.44 bits per heavy atom. The number of aliphatic carboxylic acids is 1. The molecule has 0 aromatic heterocycles. The Labute approximate surface area is 110 Å². The molecule has 1 aromatic carbocycles. The van der Waals surface area contributed by atoms with Gasteiger partial charge in [0.05, 0.1) is 0 Å². The highest BCUT2D eigenvalue weighted by atomic mass is 35.5. The summed E-state index contributed by atoms with van der Waals surface area (Å²) >= 11 is 5.78. The van der Waals surface area contributed by atoms with Crippen LogP contribution >= 0.6 is 11.6 Å². The normalized spacial score (nSPS) is 9.89. The van der Waals surface area contributed by atoms with Crippen molar-refractivity contribution in [1.29, 1.82) is 0 Å². The molecule has 2 amide bonds. The number of carboxylic acid groups (broad SMARTS) is 1. The SMILES string of the molecule is CNC(=O)N(CCCC(=O)O)c1ccc(Cl)cc1. The molecule has 0 bridgehead atoms. The Morgan fingerprint density at radius 2 is 1.94 bits per heavy atom. The van der Waals surface area contributed by atoms with Crippen LogP contribution in [0, 0.1) is 0 Å². The maximum atomic E-state index is 11.7. The van der Waals surface area contributed by atoms with E-state index in [1.807, 2.05) is 0 Å². The molecule has 18 heavy (non-hydrogen) atoms. The average molecular weight is 271 g/mol. The van der Waals surface area contributed by atoms with Crippen LogP contribution in [-0.2, 0) is 4.79 Å². The number of hydrogen-bond donors (Lipinski definition) is 2. The molecule has 5 nitrogen and oxygen atoms in total. The van der Waals surface area contributed by atoms with Gasteiger partial charge in [0.15, 0.2) is 0 Å². The molecule has 0 atom stereocenters. The van der Waals surface area contributed by atoms with E-state index in [0.29, 0.717) is 23.7 Å². The molecule has 2 N–H and O–H groups in total. The molecule has 0 fully saturated rings. The number of carbonyl (C=O) groups is 2. The van der Waals surface area contributed by atoms with Crippen molar-refractivity contribution >= 4 is 29.3 Å². The number of nitrogens with one attached hydrogen (secondary N) is 1. The van der Waals surface area contributed by atoms with E-state index in [9.17, 15) is 9.59 Å². The van der Waals surface area contributed by atoms with E-state index in [0.717, 1.165) is 0 Å². The minimum absolute atomic E-state index is 0.0289. The molecule has 0 radical (unpaired) electrons. The third-order valence-electron chi connectivity index (χ3n) is 2.37. The first-order valence-corrected chi connectivity index (χ1v) is 5.89. The van der Waals surface area contributed by atoms with E-state index < -0.39 is 5.97 Å². The fourth-order valence-corrected chi connectivity index (χ4v) is 1.62. The minimum Gasteiger partial charge on any atom is -0.481 e. The number of hydrogen-bond acceptors (Lipinski definition) is 2. The maximum absolute atomic E-state index is 11.7. The first-order valence-electron chi connectivity index (χ1n) is 5.51. The van der Waals surface area contributed by atoms with Crippen LogP contribution in [-0.4, -0.2) is 30.7 Å². The van der Waals surface area contributed by atoms with Gasteiger partial charge in [-0.15, -0.1) is 0 Å². The maximum Gasteiger partial charge on any atom is 0.321 e. The number of benzene rings is 1. The average Bonchev–Trinajstić information content (AvgIpc) is 2.35. The van der Waals surface area contributed by atoms with Gasteiger partial charge in [0.1, 0.15) is 0 Å². The van der Waals surface area contributed by atoms with Gasteiger partial charge in [-0.25, -0.2) is 4.79 Å². The Kier molecular flexibility index (Phi) is 5.45. The molecule has 0 unspecified atom stereocenters. The summed E-state index contributed by atoms with van der Waals surface area (Å²) in [6.07, 6.45) is 0.423. The van der Waals surface area contributed by atoms with Gasteiger partial charge in [0.25, 0.3) is 0 Å². The van der Waals surface area contributed by atoms with Gasteiger partial charge < -0.3 is 10.4 Å². The quantitative estimate of drug-likeness (QED) is 0.863. The highest BCUT2D eigenvalue weighted by Gasteiger charge is 2.14. The van der Waals surface area contributed by atoms with Crippen LogP contribution in [0.15, 0.2) is 24.3 Å². The summed E-state index contributed by atoms with van der Waals surface area (Å²) in [5.41, 5.74) is 0.684. The van der Waals surface area contributed by atoms with E-state index >= 15 is 0 Å². The molecule has 0 saturated carbocycles. The molecule has 0 aliphatic carbocycles. The molecule has 0 spiro atoms. The van der Waals surface area contributed by atoms with Crippen molar-refractivity contribution in [2.45, 2.75) is 12.8 Å². The van der Waals surface area contributed by atoms with Crippen molar-refractivity contribution in [3.63, 3.8) is 0 Å². The van der Waals surface area contributed by atoms with Crippen LogP contribution in [0.2, 0.25) is 5.02 Å². The number of nitrogens with zero attached hydrogens (tertiary/aromatic N) is 1. The summed E-state index contributed by atoms with van der Waals surface area (Å²) in [4.78, 5) is 23.7. The molecule has 98 valence electrons. The second-order valence-corrected chi connectivity index (χ2v) is 4.12. The number of carbonyl (C=O) groups excluding carboxylic acids is 1.